The van der Waals surface area contributed by atoms with Crippen molar-refractivity contribution in [2.45, 2.75) is 74.9 Å². The number of rotatable bonds is 2. The molecule has 0 aromatic carbocycles. The summed E-state index contributed by atoms with van der Waals surface area (Å²) in [5.41, 5.74) is 0. The molecular weight excluding hydrogens is 187 g/mol. The molecule has 0 bridgehead atoms. The van der Waals surface area contributed by atoms with Crippen molar-refractivity contribution in [3.63, 3.8) is 0 Å². The van der Waals surface area contributed by atoms with Gasteiger partial charge in [0.1, 0.15) is 0 Å². The van der Waals surface area contributed by atoms with Gasteiger partial charge in [0.15, 0.2) is 0 Å². The molecule has 1 heteroatoms. The summed E-state index contributed by atoms with van der Waals surface area (Å²) < 4.78 is 25.9. The Balaban J connectivity index is -0.000000180. The van der Waals surface area contributed by atoms with Gasteiger partial charge in [0.25, 0.3) is 0 Å². The van der Waals surface area contributed by atoms with E-state index in [1.54, 1.807) is 13.8 Å². The van der Waals surface area contributed by atoms with Gasteiger partial charge >= 0.3 is 0 Å². The van der Waals surface area contributed by atoms with Crippen molar-refractivity contribution in [3.05, 3.63) is 0 Å². The standard InChI is InChI=1S/C5H11F.C5H12.C4H10/c1-4(2)5(3)6;1-4-5(2)3;1-4(2)3/h4-5H,1-3H3;5H,4H2,1-3H3;4H,1-3H3/i;4D2;. The lowest BCUT2D eigenvalue weighted by Crippen LogP contribution is -2.01. The first-order valence-corrected chi connectivity index (χ1v) is 5.96. The summed E-state index contributed by atoms with van der Waals surface area (Å²) in [4.78, 5) is 0. The minimum Gasteiger partial charge on any atom is -0.248 e. The number of hydrogen-bond donors (Lipinski definition) is 0. The van der Waals surface area contributed by atoms with Crippen molar-refractivity contribution < 1.29 is 7.13 Å². The highest BCUT2D eigenvalue weighted by Gasteiger charge is 2.00. The quantitative estimate of drug-likeness (QED) is 0.561. The van der Waals surface area contributed by atoms with Crippen LogP contribution in [0.25, 0.3) is 0 Å². The van der Waals surface area contributed by atoms with Crippen LogP contribution in [0.3, 0.4) is 0 Å². The SMILES string of the molecule is CC(C)C.CC(C)C(C)F.[2H]C([2H])(C)C(C)C. The van der Waals surface area contributed by atoms with Crippen LogP contribution < -0.4 is 0 Å². The minimum absolute atomic E-state index is 0.132. The van der Waals surface area contributed by atoms with E-state index in [0.717, 1.165) is 5.92 Å². The van der Waals surface area contributed by atoms with Crippen LogP contribution >= 0.6 is 0 Å². The fraction of sp³-hybridized carbons (Fsp3) is 1.00. The van der Waals surface area contributed by atoms with Crippen molar-refractivity contribution >= 4 is 0 Å². The van der Waals surface area contributed by atoms with Crippen LogP contribution in [0.1, 0.15) is 71.4 Å². The second-order valence-electron chi connectivity index (χ2n) is 5.10. The first-order chi connectivity index (χ1) is 7.32. The molecular formula is C14H33F. The molecule has 0 saturated heterocycles. The summed E-state index contributed by atoms with van der Waals surface area (Å²) >= 11 is 0. The molecule has 0 spiro atoms. The molecule has 0 N–H and O–H groups in total. The Bertz CT molecular complexity index is 138. The molecule has 0 fully saturated rings. The third kappa shape index (κ3) is 56.4. The molecule has 0 amide bonds. The molecule has 0 rings (SSSR count). The van der Waals surface area contributed by atoms with Gasteiger partial charge in [0.05, 0.1) is 6.17 Å². The molecule has 0 saturated carbocycles. The zero-order chi connectivity index (χ0) is 14.8. The Hall–Kier alpha value is -0.0700. The number of halogens is 1. The van der Waals surface area contributed by atoms with Crippen LogP contribution in [0.4, 0.5) is 4.39 Å². The van der Waals surface area contributed by atoms with Gasteiger partial charge < -0.3 is 0 Å². The first-order valence-electron chi connectivity index (χ1n) is 6.96. The van der Waals surface area contributed by atoms with E-state index in [2.05, 4.69) is 20.8 Å². The van der Waals surface area contributed by atoms with Gasteiger partial charge in [-0.25, -0.2) is 4.39 Å². The Morgan fingerprint density at radius 1 is 0.933 bits per heavy atom. The van der Waals surface area contributed by atoms with E-state index >= 15 is 0 Å². The summed E-state index contributed by atoms with van der Waals surface area (Å²) in [7, 11) is 0. The molecule has 0 nitrogen and oxygen atoms in total. The van der Waals surface area contributed by atoms with E-state index in [1.165, 1.54) is 0 Å². The van der Waals surface area contributed by atoms with E-state index in [-0.39, 0.29) is 11.8 Å². The van der Waals surface area contributed by atoms with Crippen LogP contribution in [0.2, 0.25) is 0 Å². The summed E-state index contributed by atoms with van der Waals surface area (Å²) in [6.45, 7) is 17.2. The molecule has 0 heterocycles. The highest BCUT2D eigenvalue weighted by molar-refractivity contribution is 4.49. The molecule has 1 unspecified atom stereocenters. The maximum atomic E-state index is 11.8. The number of hydrogen-bond acceptors (Lipinski definition) is 0. The largest absolute Gasteiger partial charge is 0.248 e. The summed E-state index contributed by atoms with van der Waals surface area (Å²) in [5.74, 6) is 1.15. The molecule has 0 aliphatic heterocycles. The first kappa shape index (κ1) is 14.9. The van der Waals surface area contributed by atoms with Gasteiger partial charge in [-0.05, 0) is 24.7 Å². The third-order valence-electron chi connectivity index (χ3n) is 1.50. The van der Waals surface area contributed by atoms with Gasteiger partial charge in [-0.1, -0.05) is 61.8 Å². The Morgan fingerprint density at radius 3 is 1.07 bits per heavy atom. The molecule has 0 aromatic rings. The average Bonchev–Trinajstić information content (AvgIpc) is 2.01. The van der Waals surface area contributed by atoms with Crippen LogP contribution in [0, 0.1) is 17.8 Å². The van der Waals surface area contributed by atoms with Crippen molar-refractivity contribution in [3.8, 4) is 0 Å². The van der Waals surface area contributed by atoms with Gasteiger partial charge in [-0.3, -0.25) is 0 Å². The van der Waals surface area contributed by atoms with E-state index in [4.69, 9.17) is 2.74 Å². The zero-order valence-corrected chi connectivity index (χ0v) is 12.2. The molecule has 0 aliphatic rings. The predicted molar refractivity (Wildman–Crippen MR) is 71.0 cm³/mol. The fourth-order valence-electron chi connectivity index (χ4n) is 0. The molecule has 15 heavy (non-hydrogen) atoms. The fourth-order valence-corrected chi connectivity index (χ4v) is 0. The minimum atomic E-state index is -1.00. The van der Waals surface area contributed by atoms with E-state index in [9.17, 15) is 4.39 Å². The molecule has 1 atom stereocenters. The van der Waals surface area contributed by atoms with Crippen LogP contribution in [-0.4, -0.2) is 6.17 Å². The topological polar surface area (TPSA) is 0 Å². The highest BCUT2D eigenvalue weighted by Crippen LogP contribution is 2.02. The van der Waals surface area contributed by atoms with Crippen molar-refractivity contribution in [1.82, 2.24) is 0 Å². The summed E-state index contributed by atoms with van der Waals surface area (Å²) in [6, 6.07) is 0. The Kier molecular flexibility index (Phi) is 13.9. The van der Waals surface area contributed by atoms with Crippen LogP contribution in [0.5, 0.6) is 0 Å². The smallest absolute Gasteiger partial charge is 0.0996 e. The lowest BCUT2D eigenvalue weighted by Gasteiger charge is -2.01. The van der Waals surface area contributed by atoms with Crippen molar-refractivity contribution in [1.29, 1.82) is 0 Å². The van der Waals surface area contributed by atoms with Crippen molar-refractivity contribution in [2.75, 3.05) is 0 Å². The van der Waals surface area contributed by atoms with Gasteiger partial charge in [0, 0.05) is 2.74 Å². The van der Waals surface area contributed by atoms with E-state index < -0.39 is 12.5 Å². The van der Waals surface area contributed by atoms with Crippen LogP contribution in [-0.2, 0) is 0 Å². The maximum absolute atomic E-state index is 11.8. The highest BCUT2D eigenvalue weighted by atomic mass is 19.1. The second-order valence-corrected chi connectivity index (χ2v) is 5.10. The second kappa shape index (κ2) is 13.9. The Morgan fingerprint density at radius 2 is 1.07 bits per heavy atom. The summed E-state index contributed by atoms with van der Waals surface area (Å²) in [5, 5.41) is 0. The predicted octanol–water partition coefficient (Wildman–Crippen LogP) is 5.72. The lowest BCUT2D eigenvalue weighted by atomic mass is 10.1. The van der Waals surface area contributed by atoms with Crippen LogP contribution in [0.15, 0.2) is 0 Å². The van der Waals surface area contributed by atoms with Crippen molar-refractivity contribution in [2.24, 2.45) is 17.8 Å². The zero-order valence-electron chi connectivity index (χ0n) is 14.2. The normalized spacial score (nSPS) is 14.7. The Labute approximate surface area is 100 Å². The van der Waals surface area contributed by atoms with E-state index in [1.807, 2.05) is 27.7 Å². The van der Waals surface area contributed by atoms with Gasteiger partial charge in [-0.2, -0.15) is 0 Å². The van der Waals surface area contributed by atoms with E-state index in [0.29, 0.717) is 0 Å². The molecule has 0 radical (unpaired) electrons. The number of alkyl halides is 1. The molecule has 0 aromatic heterocycles. The molecule has 96 valence electrons. The van der Waals surface area contributed by atoms with Gasteiger partial charge in [0.2, 0.25) is 0 Å². The summed E-state index contributed by atoms with van der Waals surface area (Å²) in [6.07, 6.45) is -1.65. The van der Waals surface area contributed by atoms with Gasteiger partial charge in [-0.15, -0.1) is 0 Å². The molecule has 0 aliphatic carbocycles. The third-order valence-corrected chi connectivity index (χ3v) is 1.50. The lowest BCUT2D eigenvalue weighted by molar-refractivity contribution is 0.280. The maximum Gasteiger partial charge on any atom is 0.0996 e. The monoisotopic (exact) mass is 222 g/mol. The average molecular weight is 222 g/mol.